The maximum Gasteiger partial charge on any atom is 0.219 e. The third-order valence-electron chi connectivity index (χ3n) is 1.57. The maximum atomic E-state index is 5.45. The van der Waals surface area contributed by atoms with E-state index in [0.717, 1.165) is 5.56 Å². The highest BCUT2D eigenvalue weighted by atomic mass is 15.1. The topological polar surface area (TPSA) is 131 Å². The summed E-state index contributed by atoms with van der Waals surface area (Å²) in [6, 6.07) is -0.128. The number of aromatic nitrogens is 2. The van der Waals surface area contributed by atoms with Gasteiger partial charge in [-0.15, -0.1) is 0 Å². The molecular weight excluding hydrogens is 182 g/mol. The normalized spacial score (nSPS) is 13.6. The number of guanidine groups is 2. The minimum absolute atomic E-state index is 0.0544. The zero-order chi connectivity index (χ0) is 10.6. The van der Waals surface area contributed by atoms with Crippen LogP contribution in [0.3, 0.4) is 0 Å². The summed E-state index contributed by atoms with van der Waals surface area (Å²) < 4.78 is 0. The summed E-state index contributed by atoms with van der Waals surface area (Å²) in [5, 5.41) is 6.47. The average Bonchev–Trinajstić information content (AvgIpc) is 2.53. The van der Waals surface area contributed by atoms with Crippen molar-refractivity contribution >= 4 is 11.9 Å². The van der Waals surface area contributed by atoms with Gasteiger partial charge in [-0.25, -0.2) is 4.99 Å². The zero-order valence-corrected chi connectivity index (χ0v) is 7.81. The number of aliphatic imine (C=N–C) groups is 2. The minimum atomic E-state index is -0.128. The molecule has 7 nitrogen and oxygen atoms in total. The number of nitrogens with two attached hydrogens (primary N) is 3. The summed E-state index contributed by atoms with van der Waals surface area (Å²) in [5.74, 6) is -0.0515. The monoisotopic (exact) mass is 195 g/mol. The van der Waals surface area contributed by atoms with E-state index in [1.165, 1.54) is 0 Å². The predicted octanol–water partition coefficient (Wildman–Crippen LogP) is -0.941. The van der Waals surface area contributed by atoms with Crippen LogP contribution in [0.2, 0.25) is 0 Å². The summed E-state index contributed by atoms with van der Waals surface area (Å²) in [5.41, 5.74) is 16.6. The van der Waals surface area contributed by atoms with Crippen LogP contribution in [0, 0.1) is 0 Å². The number of hydrogen-bond acceptors (Lipinski definition) is 2. The number of rotatable bonds is 2. The van der Waals surface area contributed by atoms with Gasteiger partial charge in [-0.2, -0.15) is 10.1 Å². The third kappa shape index (κ3) is 2.77. The van der Waals surface area contributed by atoms with E-state index in [1.54, 1.807) is 12.4 Å². The quantitative estimate of drug-likeness (QED) is 0.358. The Kier molecular flexibility index (Phi) is 3.05. The molecule has 1 heterocycles. The van der Waals surface area contributed by atoms with Crippen molar-refractivity contribution in [2.24, 2.45) is 27.2 Å². The van der Waals surface area contributed by atoms with Gasteiger partial charge in [-0.3, -0.25) is 5.10 Å². The van der Waals surface area contributed by atoms with Gasteiger partial charge in [0, 0.05) is 11.8 Å². The molecule has 0 aliphatic heterocycles. The molecule has 0 fully saturated rings. The second kappa shape index (κ2) is 4.26. The van der Waals surface area contributed by atoms with Crippen molar-refractivity contribution in [2.45, 2.75) is 13.0 Å². The van der Waals surface area contributed by atoms with Gasteiger partial charge in [-0.05, 0) is 6.92 Å². The Bertz CT molecular complexity index is 333. The fraction of sp³-hybridized carbons (Fsp3) is 0.286. The van der Waals surface area contributed by atoms with Crippen LogP contribution in [-0.2, 0) is 0 Å². The maximum absolute atomic E-state index is 5.45. The Morgan fingerprint density at radius 3 is 2.71 bits per heavy atom. The van der Waals surface area contributed by atoms with E-state index in [0.29, 0.717) is 0 Å². The van der Waals surface area contributed by atoms with Crippen LogP contribution in [0.5, 0.6) is 0 Å². The number of hydrogen-bond donors (Lipinski definition) is 4. The SMILES string of the molecule is CC(N=C(N)N=C(N)N)c1cn[nH]c1. The number of H-pyrrole nitrogens is 1. The van der Waals surface area contributed by atoms with Gasteiger partial charge in [0.1, 0.15) is 0 Å². The van der Waals surface area contributed by atoms with E-state index in [4.69, 9.17) is 17.2 Å². The number of aromatic amines is 1. The first-order valence-corrected chi connectivity index (χ1v) is 4.01. The first-order chi connectivity index (χ1) is 6.59. The van der Waals surface area contributed by atoms with Crippen molar-refractivity contribution in [1.29, 1.82) is 0 Å². The van der Waals surface area contributed by atoms with Crippen molar-refractivity contribution in [1.82, 2.24) is 10.2 Å². The Labute approximate surface area is 81.1 Å². The molecule has 7 heteroatoms. The molecule has 14 heavy (non-hydrogen) atoms. The van der Waals surface area contributed by atoms with E-state index in [1.807, 2.05) is 6.92 Å². The molecule has 0 aliphatic rings. The van der Waals surface area contributed by atoms with E-state index < -0.39 is 0 Å². The van der Waals surface area contributed by atoms with Crippen molar-refractivity contribution in [3.63, 3.8) is 0 Å². The first kappa shape index (κ1) is 10.0. The summed E-state index contributed by atoms with van der Waals surface area (Å²) in [6.07, 6.45) is 3.40. The molecule has 0 amide bonds. The molecule has 0 saturated carbocycles. The molecule has 76 valence electrons. The van der Waals surface area contributed by atoms with Crippen molar-refractivity contribution in [3.05, 3.63) is 18.0 Å². The molecule has 0 spiro atoms. The van der Waals surface area contributed by atoms with E-state index >= 15 is 0 Å². The molecule has 0 aromatic carbocycles. The molecule has 0 radical (unpaired) electrons. The van der Waals surface area contributed by atoms with Crippen molar-refractivity contribution < 1.29 is 0 Å². The zero-order valence-electron chi connectivity index (χ0n) is 7.81. The highest BCUT2D eigenvalue weighted by molar-refractivity contribution is 5.92. The average molecular weight is 195 g/mol. The lowest BCUT2D eigenvalue weighted by Gasteiger charge is -2.02. The van der Waals surface area contributed by atoms with Gasteiger partial charge >= 0.3 is 0 Å². The van der Waals surface area contributed by atoms with E-state index in [9.17, 15) is 0 Å². The second-order valence-electron chi connectivity index (χ2n) is 2.73. The predicted molar refractivity (Wildman–Crippen MR) is 54.4 cm³/mol. The Morgan fingerprint density at radius 2 is 2.21 bits per heavy atom. The van der Waals surface area contributed by atoms with Crippen LogP contribution in [0.25, 0.3) is 0 Å². The van der Waals surface area contributed by atoms with Crippen LogP contribution >= 0.6 is 0 Å². The lowest BCUT2D eigenvalue weighted by atomic mass is 10.2. The van der Waals surface area contributed by atoms with Gasteiger partial charge in [0.05, 0.1) is 12.2 Å². The molecule has 1 aromatic rings. The Morgan fingerprint density at radius 1 is 1.50 bits per heavy atom. The smallest absolute Gasteiger partial charge is 0.219 e. The van der Waals surface area contributed by atoms with Crippen LogP contribution in [0.4, 0.5) is 0 Å². The van der Waals surface area contributed by atoms with Crippen molar-refractivity contribution in [3.8, 4) is 0 Å². The summed E-state index contributed by atoms with van der Waals surface area (Å²) in [7, 11) is 0. The summed E-state index contributed by atoms with van der Waals surface area (Å²) >= 11 is 0. The van der Waals surface area contributed by atoms with Crippen LogP contribution in [0.1, 0.15) is 18.5 Å². The fourth-order valence-electron chi connectivity index (χ4n) is 0.923. The summed E-state index contributed by atoms with van der Waals surface area (Å²) in [6.45, 7) is 1.86. The molecule has 1 atom stereocenters. The standard InChI is InChI=1S/C7H13N7/c1-4(5-2-11-12-3-5)13-7(10)14-6(8)9/h2-4H,1H3,(H,11,12)(H6,8,9,10,13,14). The fourth-order valence-corrected chi connectivity index (χ4v) is 0.923. The van der Waals surface area contributed by atoms with Crippen LogP contribution in [-0.4, -0.2) is 22.1 Å². The molecule has 0 aliphatic carbocycles. The van der Waals surface area contributed by atoms with Gasteiger partial charge in [0.25, 0.3) is 0 Å². The Hall–Kier alpha value is -2.05. The van der Waals surface area contributed by atoms with Gasteiger partial charge < -0.3 is 17.2 Å². The molecular formula is C7H13N7. The summed E-state index contributed by atoms with van der Waals surface area (Å²) in [4.78, 5) is 7.64. The van der Waals surface area contributed by atoms with Crippen molar-refractivity contribution in [2.75, 3.05) is 0 Å². The highest BCUT2D eigenvalue weighted by Gasteiger charge is 2.04. The van der Waals surface area contributed by atoms with E-state index in [-0.39, 0.29) is 18.0 Å². The third-order valence-corrected chi connectivity index (χ3v) is 1.57. The molecule has 1 unspecified atom stereocenters. The minimum Gasteiger partial charge on any atom is -0.370 e. The molecule has 0 saturated heterocycles. The van der Waals surface area contributed by atoms with Crippen LogP contribution < -0.4 is 17.2 Å². The first-order valence-electron chi connectivity index (χ1n) is 4.01. The lowest BCUT2D eigenvalue weighted by Crippen LogP contribution is -2.26. The molecule has 1 rings (SSSR count). The van der Waals surface area contributed by atoms with Gasteiger partial charge in [0.15, 0.2) is 5.96 Å². The number of nitrogens with one attached hydrogen (secondary N) is 1. The van der Waals surface area contributed by atoms with E-state index in [2.05, 4.69) is 20.2 Å². The molecule has 1 aromatic heterocycles. The molecule has 0 bridgehead atoms. The van der Waals surface area contributed by atoms with Gasteiger partial charge in [-0.1, -0.05) is 0 Å². The largest absolute Gasteiger partial charge is 0.370 e. The highest BCUT2D eigenvalue weighted by Crippen LogP contribution is 2.13. The van der Waals surface area contributed by atoms with Gasteiger partial charge in [0.2, 0.25) is 5.96 Å². The second-order valence-corrected chi connectivity index (χ2v) is 2.73. The van der Waals surface area contributed by atoms with Crippen LogP contribution in [0.15, 0.2) is 22.4 Å². The molecule has 7 N–H and O–H groups in total. The lowest BCUT2D eigenvalue weighted by molar-refractivity contribution is 0.816. The number of nitrogens with zero attached hydrogens (tertiary/aromatic N) is 3. The Balaban J connectivity index is 2.73.